The number of nitrogens with zero attached hydrogens (tertiary/aromatic N) is 2. The number of alkyl halides is 1. The maximum atomic E-state index is 6.31. The number of halogens is 2. The summed E-state index contributed by atoms with van der Waals surface area (Å²) in [5.41, 5.74) is 0.973. The molecule has 2 unspecified atom stereocenters. The van der Waals surface area contributed by atoms with Gasteiger partial charge >= 0.3 is 0 Å². The summed E-state index contributed by atoms with van der Waals surface area (Å²) in [6.45, 7) is 4.46. The van der Waals surface area contributed by atoms with Crippen molar-refractivity contribution in [3.05, 3.63) is 22.8 Å². The third kappa shape index (κ3) is 2.53. The predicted molar refractivity (Wildman–Crippen MR) is 74.1 cm³/mol. The SMILES string of the molecule is CCC1CCC(C)N1c1ncc(CCl)cc1Cl. The first-order chi connectivity index (χ1) is 8.17. The van der Waals surface area contributed by atoms with Crippen molar-refractivity contribution in [1.82, 2.24) is 4.98 Å². The van der Waals surface area contributed by atoms with E-state index < -0.39 is 0 Å². The maximum absolute atomic E-state index is 6.31. The Kier molecular flexibility index (Phi) is 4.16. The molecule has 4 heteroatoms. The van der Waals surface area contributed by atoms with Gasteiger partial charge in [0.25, 0.3) is 0 Å². The molecule has 0 saturated carbocycles. The number of hydrogen-bond donors (Lipinski definition) is 0. The Labute approximate surface area is 113 Å². The van der Waals surface area contributed by atoms with Crippen LogP contribution in [0, 0.1) is 0 Å². The Morgan fingerprint density at radius 2 is 2.24 bits per heavy atom. The van der Waals surface area contributed by atoms with E-state index in [9.17, 15) is 0 Å². The quantitative estimate of drug-likeness (QED) is 0.766. The first-order valence-electron chi connectivity index (χ1n) is 6.16. The second kappa shape index (κ2) is 5.45. The molecule has 0 bridgehead atoms. The fourth-order valence-corrected chi connectivity index (χ4v) is 3.02. The lowest BCUT2D eigenvalue weighted by Crippen LogP contribution is -2.35. The van der Waals surface area contributed by atoms with Crippen LogP contribution in [0.15, 0.2) is 12.3 Å². The fraction of sp³-hybridized carbons (Fsp3) is 0.615. The lowest BCUT2D eigenvalue weighted by Gasteiger charge is -2.30. The molecule has 94 valence electrons. The molecule has 2 atom stereocenters. The van der Waals surface area contributed by atoms with Crippen molar-refractivity contribution >= 4 is 29.0 Å². The second-order valence-corrected chi connectivity index (χ2v) is 5.35. The molecule has 0 aliphatic carbocycles. The van der Waals surface area contributed by atoms with Crippen molar-refractivity contribution < 1.29 is 0 Å². The van der Waals surface area contributed by atoms with Crippen LogP contribution >= 0.6 is 23.2 Å². The summed E-state index contributed by atoms with van der Waals surface area (Å²) in [5, 5.41) is 0.718. The van der Waals surface area contributed by atoms with Crippen molar-refractivity contribution in [3.63, 3.8) is 0 Å². The van der Waals surface area contributed by atoms with Gasteiger partial charge in [0.2, 0.25) is 0 Å². The van der Waals surface area contributed by atoms with Gasteiger partial charge in [-0.2, -0.15) is 0 Å². The van der Waals surface area contributed by atoms with Crippen LogP contribution in [0.4, 0.5) is 5.82 Å². The number of hydrogen-bond acceptors (Lipinski definition) is 2. The normalized spacial score (nSPS) is 24.4. The van der Waals surface area contributed by atoms with E-state index in [0.29, 0.717) is 18.0 Å². The monoisotopic (exact) mass is 272 g/mol. The minimum Gasteiger partial charge on any atom is -0.350 e. The molecular weight excluding hydrogens is 255 g/mol. The molecular formula is C13H18Cl2N2. The Hall–Kier alpha value is -0.470. The van der Waals surface area contributed by atoms with E-state index in [0.717, 1.165) is 22.8 Å². The van der Waals surface area contributed by atoms with Crippen molar-refractivity contribution in [2.24, 2.45) is 0 Å². The molecule has 1 fully saturated rings. The molecule has 2 nitrogen and oxygen atoms in total. The van der Waals surface area contributed by atoms with Gasteiger partial charge in [-0.05, 0) is 37.8 Å². The van der Waals surface area contributed by atoms with E-state index >= 15 is 0 Å². The van der Waals surface area contributed by atoms with Gasteiger partial charge in [0.1, 0.15) is 5.82 Å². The zero-order valence-electron chi connectivity index (χ0n) is 10.3. The van der Waals surface area contributed by atoms with Crippen LogP contribution in [0.2, 0.25) is 5.02 Å². The Morgan fingerprint density at radius 1 is 1.47 bits per heavy atom. The highest BCUT2D eigenvalue weighted by molar-refractivity contribution is 6.33. The van der Waals surface area contributed by atoms with Crippen LogP contribution in [-0.2, 0) is 5.88 Å². The largest absolute Gasteiger partial charge is 0.350 e. The van der Waals surface area contributed by atoms with Crippen LogP contribution in [-0.4, -0.2) is 17.1 Å². The summed E-state index contributed by atoms with van der Waals surface area (Å²) in [5.74, 6) is 1.37. The van der Waals surface area contributed by atoms with Gasteiger partial charge in [0.05, 0.1) is 5.02 Å². The molecule has 1 aromatic heterocycles. The Bertz CT molecular complexity index is 395. The molecule has 0 radical (unpaired) electrons. The number of pyridine rings is 1. The van der Waals surface area contributed by atoms with E-state index in [1.54, 1.807) is 0 Å². The third-order valence-corrected chi connectivity index (χ3v) is 4.12. The maximum Gasteiger partial charge on any atom is 0.147 e. The molecule has 0 N–H and O–H groups in total. The highest BCUT2D eigenvalue weighted by atomic mass is 35.5. The van der Waals surface area contributed by atoms with Crippen molar-refractivity contribution in [2.75, 3.05) is 4.90 Å². The van der Waals surface area contributed by atoms with Crippen LogP contribution in [0.5, 0.6) is 0 Å². The van der Waals surface area contributed by atoms with Gasteiger partial charge in [0, 0.05) is 24.2 Å². The topological polar surface area (TPSA) is 16.1 Å². The molecule has 1 aromatic rings. The van der Waals surface area contributed by atoms with Gasteiger partial charge in [-0.3, -0.25) is 0 Å². The number of aromatic nitrogens is 1. The van der Waals surface area contributed by atoms with Gasteiger partial charge < -0.3 is 4.90 Å². The average Bonchev–Trinajstić information content (AvgIpc) is 2.70. The van der Waals surface area contributed by atoms with Gasteiger partial charge in [-0.1, -0.05) is 18.5 Å². The highest BCUT2D eigenvalue weighted by Crippen LogP contribution is 2.35. The van der Waals surface area contributed by atoms with Crippen molar-refractivity contribution in [2.45, 2.75) is 51.1 Å². The molecule has 0 aromatic carbocycles. The van der Waals surface area contributed by atoms with Crippen LogP contribution in [0.1, 0.15) is 38.7 Å². The Balaban J connectivity index is 2.32. The molecule has 1 saturated heterocycles. The standard InChI is InChI=1S/C13H18Cl2N2/c1-3-11-5-4-9(2)17(11)13-12(15)6-10(7-14)8-16-13/h6,8-9,11H,3-5,7H2,1-2H3. The summed E-state index contributed by atoms with van der Waals surface area (Å²) >= 11 is 12.1. The zero-order valence-corrected chi connectivity index (χ0v) is 11.8. The molecule has 2 heterocycles. The second-order valence-electron chi connectivity index (χ2n) is 4.68. The van der Waals surface area contributed by atoms with Crippen LogP contribution in [0.25, 0.3) is 0 Å². The molecule has 1 aliphatic heterocycles. The van der Waals surface area contributed by atoms with Gasteiger partial charge in [-0.15, -0.1) is 11.6 Å². The van der Waals surface area contributed by atoms with Gasteiger partial charge in [0.15, 0.2) is 0 Å². The smallest absolute Gasteiger partial charge is 0.147 e. The molecule has 0 amide bonds. The van der Waals surface area contributed by atoms with Crippen molar-refractivity contribution in [1.29, 1.82) is 0 Å². The molecule has 0 spiro atoms. The third-order valence-electron chi connectivity index (χ3n) is 3.53. The summed E-state index contributed by atoms with van der Waals surface area (Å²) in [4.78, 5) is 6.85. The predicted octanol–water partition coefficient (Wildman–Crippen LogP) is 4.24. The van der Waals surface area contributed by atoms with E-state index in [-0.39, 0.29) is 0 Å². The number of rotatable bonds is 3. The number of anilines is 1. The molecule has 17 heavy (non-hydrogen) atoms. The van der Waals surface area contributed by atoms with E-state index in [2.05, 4.69) is 23.7 Å². The van der Waals surface area contributed by atoms with Crippen molar-refractivity contribution in [3.8, 4) is 0 Å². The Morgan fingerprint density at radius 3 is 2.82 bits per heavy atom. The van der Waals surface area contributed by atoms with E-state index in [1.807, 2.05) is 12.3 Å². The molecule has 2 rings (SSSR count). The zero-order chi connectivity index (χ0) is 12.4. The first-order valence-corrected chi connectivity index (χ1v) is 7.07. The van der Waals surface area contributed by atoms with Crippen LogP contribution in [0.3, 0.4) is 0 Å². The summed E-state index contributed by atoms with van der Waals surface area (Å²) < 4.78 is 0. The highest BCUT2D eigenvalue weighted by Gasteiger charge is 2.31. The molecule has 1 aliphatic rings. The summed E-state index contributed by atoms with van der Waals surface area (Å²) in [6, 6.07) is 3.01. The minimum atomic E-state index is 0.458. The lowest BCUT2D eigenvalue weighted by molar-refractivity contribution is 0.621. The minimum absolute atomic E-state index is 0.458. The summed E-state index contributed by atoms with van der Waals surface area (Å²) in [6.07, 6.45) is 5.41. The fourth-order valence-electron chi connectivity index (χ4n) is 2.59. The van der Waals surface area contributed by atoms with E-state index in [1.165, 1.54) is 12.8 Å². The van der Waals surface area contributed by atoms with E-state index in [4.69, 9.17) is 23.2 Å². The lowest BCUT2D eigenvalue weighted by atomic mass is 10.1. The first kappa shape index (κ1) is 13.0. The van der Waals surface area contributed by atoms with Crippen LogP contribution < -0.4 is 4.90 Å². The average molecular weight is 273 g/mol. The van der Waals surface area contributed by atoms with Gasteiger partial charge in [-0.25, -0.2) is 4.98 Å². The summed E-state index contributed by atoms with van der Waals surface area (Å²) in [7, 11) is 0.